The number of hydrogen-bond acceptors (Lipinski definition) is 2. The molecule has 23 heavy (non-hydrogen) atoms. The number of benzene rings is 2. The van der Waals surface area contributed by atoms with E-state index in [9.17, 15) is 4.79 Å². The van der Waals surface area contributed by atoms with Crippen LogP contribution in [0, 0.1) is 0 Å². The fourth-order valence-corrected chi connectivity index (χ4v) is 3.27. The lowest BCUT2D eigenvalue weighted by Gasteiger charge is -2.21. The number of fused-ring (bicyclic) bond motifs is 1. The van der Waals surface area contributed by atoms with Crippen LogP contribution < -0.4 is 10.2 Å². The number of carbonyl (C=O) groups is 1. The topological polar surface area (TPSA) is 32.3 Å². The maximum absolute atomic E-state index is 12.4. The Balaban J connectivity index is 1.71. The highest BCUT2D eigenvalue weighted by Gasteiger charge is 2.12. The first-order chi connectivity index (χ1) is 11.2. The molecule has 0 aliphatic heterocycles. The predicted octanol–water partition coefficient (Wildman–Crippen LogP) is 4.27. The number of rotatable bonds is 5. The third-order valence-electron chi connectivity index (χ3n) is 4.61. The summed E-state index contributed by atoms with van der Waals surface area (Å²) < 4.78 is 0. The molecule has 0 saturated carbocycles. The molecule has 0 fully saturated rings. The van der Waals surface area contributed by atoms with Crippen LogP contribution in [0.2, 0.25) is 0 Å². The van der Waals surface area contributed by atoms with E-state index in [0.29, 0.717) is 5.56 Å². The minimum Gasteiger partial charge on any atom is -0.372 e. The minimum absolute atomic E-state index is 0.0472. The van der Waals surface area contributed by atoms with Crippen LogP contribution >= 0.6 is 0 Å². The molecule has 3 rings (SSSR count). The zero-order valence-corrected chi connectivity index (χ0v) is 13.9. The van der Waals surface area contributed by atoms with Crippen molar-refractivity contribution in [2.24, 2.45) is 0 Å². The molecule has 0 saturated heterocycles. The molecule has 120 valence electrons. The van der Waals surface area contributed by atoms with Gasteiger partial charge < -0.3 is 10.2 Å². The van der Waals surface area contributed by atoms with Crippen LogP contribution in [0.4, 0.5) is 11.4 Å². The number of amides is 1. The molecule has 3 nitrogen and oxygen atoms in total. The molecule has 1 N–H and O–H groups in total. The van der Waals surface area contributed by atoms with Crippen LogP contribution in [0.5, 0.6) is 0 Å². The molecule has 0 atom stereocenters. The first kappa shape index (κ1) is 15.6. The molecule has 0 radical (unpaired) electrons. The van der Waals surface area contributed by atoms with Crippen LogP contribution in [0.15, 0.2) is 42.5 Å². The molecule has 0 aromatic heterocycles. The summed E-state index contributed by atoms with van der Waals surface area (Å²) in [5.41, 5.74) is 5.54. The lowest BCUT2D eigenvalue weighted by atomic mass is 10.1. The van der Waals surface area contributed by atoms with Gasteiger partial charge in [-0.2, -0.15) is 0 Å². The Morgan fingerprint density at radius 1 is 1.00 bits per heavy atom. The summed E-state index contributed by atoms with van der Waals surface area (Å²) in [5.74, 6) is -0.0472. The largest absolute Gasteiger partial charge is 0.372 e. The highest BCUT2D eigenvalue weighted by atomic mass is 16.1. The van der Waals surface area contributed by atoms with Gasteiger partial charge in [0.15, 0.2) is 0 Å². The van der Waals surface area contributed by atoms with Gasteiger partial charge in [-0.05, 0) is 80.6 Å². The van der Waals surface area contributed by atoms with E-state index in [1.165, 1.54) is 17.5 Å². The van der Waals surface area contributed by atoms with E-state index in [-0.39, 0.29) is 5.91 Å². The average molecular weight is 308 g/mol. The fourth-order valence-electron chi connectivity index (χ4n) is 3.27. The number of nitrogens with zero attached hydrogens (tertiary/aromatic N) is 1. The van der Waals surface area contributed by atoms with Gasteiger partial charge in [-0.25, -0.2) is 0 Å². The number of hydrogen-bond donors (Lipinski definition) is 1. The Kier molecular flexibility index (Phi) is 4.65. The third kappa shape index (κ3) is 3.39. The average Bonchev–Trinajstić information content (AvgIpc) is 3.04. The van der Waals surface area contributed by atoms with Crippen molar-refractivity contribution >= 4 is 17.3 Å². The van der Waals surface area contributed by atoms with E-state index in [0.717, 1.165) is 37.3 Å². The molecule has 1 aliphatic rings. The second-order valence-corrected chi connectivity index (χ2v) is 6.01. The third-order valence-corrected chi connectivity index (χ3v) is 4.61. The molecule has 0 bridgehead atoms. The first-order valence-corrected chi connectivity index (χ1v) is 8.49. The van der Waals surface area contributed by atoms with Crippen LogP contribution in [0.25, 0.3) is 0 Å². The Morgan fingerprint density at radius 3 is 2.39 bits per heavy atom. The molecule has 2 aromatic carbocycles. The van der Waals surface area contributed by atoms with Crippen molar-refractivity contribution in [2.45, 2.75) is 33.1 Å². The standard InChI is InChI=1S/C20H24N2O/c1-3-22(4-2)19-12-9-16(10-13-19)20(23)21-18-11-8-15-6-5-7-17(15)14-18/h8-14H,3-7H2,1-2H3,(H,21,23). The molecule has 0 unspecified atom stereocenters. The minimum atomic E-state index is -0.0472. The molecule has 2 aromatic rings. The lowest BCUT2D eigenvalue weighted by molar-refractivity contribution is 0.102. The van der Waals surface area contributed by atoms with E-state index in [2.05, 4.69) is 36.2 Å². The zero-order chi connectivity index (χ0) is 16.2. The van der Waals surface area contributed by atoms with Crippen molar-refractivity contribution < 1.29 is 4.79 Å². The SMILES string of the molecule is CCN(CC)c1ccc(C(=O)Nc2ccc3c(c2)CCC3)cc1. The quantitative estimate of drug-likeness (QED) is 0.894. The summed E-state index contributed by atoms with van der Waals surface area (Å²) in [6, 6.07) is 14.1. The molecule has 1 aliphatic carbocycles. The highest BCUT2D eigenvalue weighted by molar-refractivity contribution is 6.04. The Bertz CT molecular complexity index is 687. The molecular formula is C20H24N2O. The molecule has 3 heteroatoms. The van der Waals surface area contributed by atoms with Gasteiger partial charge in [0, 0.05) is 30.0 Å². The van der Waals surface area contributed by atoms with Crippen LogP contribution in [0.1, 0.15) is 41.8 Å². The number of carbonyl (C=O) groups excluding carboxylic acids is 1. The van der Waals surface area contributed by atoms with Gasteiger partial charge in [0.1, 0.15) is 0 Å². The highest BCUT2D eigenvalue weighted by Crippen LogP contribution is 2.25. The van der Waals surface area contributed by atoms with E-state index < -0.39 is 0 Å². The zero-order valence-electron chi connectivity index (χ0n) is 13.9. The van der Waals surface area contributed by atoms with Gasteiger partial charge in [0.05, 0.1) is 0 Å². The number of anilines is 2. The summed E-state index contributed by atoms with van der Waals surface area (Å²) in [5, 5.41) is 3.01. The summed E-state index contributed by atoms with van der Waals surface area (Å²) >= 11 is 0. The molecule has 0 heterocycles. The van der Waals surface area contributed by atoms with Crippen molar-refractivity contribution in [1.82, 2.24) is 0 Å². The monoisotopic (exact) mass is 308 g/mol. The fraction of sp³-hybridized carbons (Fsp3) is 0.350. The van der Waals surface area contributed by atoms with E-state index in [1.54, 1.807) is 0 Å². The Hall–Kier alpha value is -2.29. The molecular weight excluding hydrogens is 284 g/mol. The van der Waals surface area contributed by atoms with Crippen LogP contribution in [-0.2, 0) is 12.8 Å². The summed E-state index contributed by atoms with van der Waals surface area (Å²) in [6.45, 7) is 6.21. The van der Waals surface area contributed by atoms with Crippen molar-refractivity contribution in [3.05, 3.63) is 59.2 Å². The van der Waals surface area contributed by atoms with Gasteiger partial charge in [-0.1, -0.05) is 6.07 Å². The van der Waals surface area contributed by atoms with Crippen molar-refractivity contribution in [3.8, 4) is 0 Å². The maximum atomic E-state index is 12.4. The van der Waals surface area contributed by atoms with E-state index in [1.807, 2.05) is 30.3 Å². The van der Waals surface area contributed by atoms with Gasteiger partial charge in [0.25, 0.3) is 5.91 Å². The predicted molar refractivity (Wildman–Crippen MR) is 96.4 cm³/mol. The summed E-state index contributed by atoms with van der Waals surface area (Å²) in [6.07, 6.45) is 3.51. The lowest BCUT2D eigenvalue weighted by Crippen LogP contribution is -2.21. The maximum Gasteiger partial charge on any atom is 0.255 e. The van der Waals surface area contributed by atoms with Gasteiger partial charge in [-0.3, -0.25) is 4.79 Å². The summed E-state index contributed by atoms with van der Waals surface area (Å²) in [4.78, 5) is 14.7. The normalized spacial score (nSPS) is 12.8. The van der Waals surface area contributed by atoms with Gasteiger partial charge in [-0.15, -0.1) is 0 Å². The molecule has 0 spiro atoms. The van der Waals surface area contributed by atoms with Crippen molar-refractivity contribution in [3.63, 3.8) is 0 Å². The Morgan fingerprint density at radius 2 is 1.70 bits per heavy atom. The van der Waals surface area contributed by atoms with Crippen molar-refractivity contribution in [1.29, 1.82) is 0 Å². The smallest absolute Gasteiger partial charge is 0.255 e. The second kappa shape index (κ2) is 6.86. The summed E-state index contributed by atoms with van der Waals surface area (Å²) in [7, 11) is 0. The second-order valence-electron chi connectivity index (χ2n) is 6.01. The van der Waals surface area contributed by atoms with Gasteiger partial charge >= 0.3 is 0 Å². The van der Waals surface area contributed by atoms with Crippen molar-refractivity contribution in [2.75, 3.05) is 23.3 Å². The van der Waals surface area contributed by atoms with Crippen LogP contribution in [0.3, 0.4) is 0 Å². The van der Waals surface area contributed by atoms with Gasteiger partial charge in [0.2, 0.25) is 0 Å². The number of aryl methyl sites for hydroxylation is 2. The van der Waals surface area contributed by atoms with E-state index in [4.69, 9.17) is 0 Å². The van der Waals surface area contributed by atoms with Crippen LogP contribution in [-0.4, -0.2) is 19.0 Å². The number of nitrogens with one attached hydrogen (secondary N) is 1. The Labute approximate surface area is 138 Å². The van der Waals surface area contributed by atoms with E-state index >= 15 is 0 Å². The molecule has 1 amide bonds. The first-order valence-electron chi connectivity index (χ1n) is 8.49.